The maximum atomic E-state index is 11.6. The highest BCUT2D eigenvalue weighted by molar-refractivity contribution is 6.31. The van der Waals surface area contributed by atoms with E-state index in [4.69, 9.17) is 17.3 Å². The minimum Gasteiger partial charge on any atom is -0.395 e. The molecule has 0 saturated carbocycles. The van der Waals surface area contributed by atoms with Gasteiger partial charge in [-0.2, -0.15) is 13.9 Å². The van der Waals surface area contributed by atoms with Crippen LogP contribution in [0.1, 0.15) is 6.42 Å². The van der Waals surface area contributed by atoms with Gasteiger partial charge in [-0.1, -0.05) is 11.6 Å². The van der Waals surface area contributed by atoms with Gasteiger partial charge in [0, 0.05) is 6.54 Å². The number of anilines is 1. The molecule has 0 amide bonds. The van der Waals surface area contributed by atoms with Gasteiger partial charge in [-0.3, -0.25) is 4.68 Å². The summed E-state index contributed by atoms with van der Waals surface area (Å²) in [4.78, 5) is 0. The molecule has 0 aliphatic heterocycles. The van der Waals surface area contributed by atoms with Crippen LogP contribution in [0.25, 0.3) is 0 Å². The van der Waals surface area contributed by atoms with Gasteiger partial charge in [0.15, 0.2) is 0 Å². The highest BCUT2D eigenvalue weighted by atomic mass is 35.5. The SMILES string of the molecule is Nc1cnn(CCCOC(F)F)c1Cl. The molecule has 0 saturated heterocycles. The summed E-state index contributed by atoms with van der Waals surface area (Å²) in [7, 11) is 0. The third kappa shape index (κ3) is 3.12. The second-order valence-electron chi connectivity index (χ2n) is 2.60. The Morgan fingerprint density at radius 1 is 1.64 bits per heavy atom. The van der Waals surface area contributed by atoms with Gasteiger partial charge in [0.05, 0.1) is 18.5 Å². The average Bonchev–Trinajstić information content (AvgIpc) is 2.43. The van der Waals surface area contributed by atoms with Crippen molar-refractivity contribution in [2.75, 3.05) is 12.3 Å². The fourth-order valence-corrected chi connectivity index (χ4v) is 1.10. The molecule has 0 atom stereocenters. The van der Waals surface area contributed by atoms with E-state index >= 15 is 0 Å². The number of nitrogen functional groups attached to an aromatic ring is 1. The molecular formula is C7H10ClF2N3O. The number of hydrogen-bond acceptors (Lipinski definition) is 3. The van der Waals surface area contributed by atoms with E-state index in [0.29, 0.717) is 23.8 Å². The Balaban J connectivity index is 2.28. The van der Waals surface area contributed by atoms with E-state index in [0.717, 1.165) is 0 Å². The zero-order valence-electron chi connectivity index (χ0n) is 7.29. The quantitative estimate of drug-likeness (QED) is 0.777. The largest absolute Gasteiger partial charge is 0.395 e. The third-order valence-electron chi connectivity index (χ3n) is 1.56. The van der Waals surface area contributed by atoms with Crippen molar-refractivity contribution >= 4 is 17.3 Å². The van der Waals surface area contributed by atoms with E-state index in [-0.39, 0.29) is 6.61 Å². The monoisotopic (exact) mass is 225 g/mol. The number of halogens is 3. The van der Waals surface area contributed by atoms with E-state index in [1.54, 1.807) is 0 Å². The van der Waals surface area contributed by atoms with Gasteiger partial charge < -0.3 is 10.5 Å². The van der Waals surface area contributed by atoms with E-state index < -0.39 is 6.61 Å². The number of alkyl halides is 2. The Bertz CT molecular complexity index is 292. The van der Waals surface area contributed by atoms with Gasteiger partial charge in [-0.25, -0.2) is 0 Å². The lowest BCUT2D eigenvalue weighted by Gasteiger charge is -2.03. The highest BCUT2D eigenvalue weighted by Gasteiger charge is 2.05. The zero-order chi connectivity index (χ0) is 10.6. The number of nitrogens with two attached hydrogens (primary N) is 1. The lowest BCUT2D eigenvalue weighted by molar-refractivity contribution is -0.129. The van der Waals surface area contributed by atoms with Gasteiger partial charge >= 0.3 is 6.61 Å². The van der Waals surface area contributed by atoms with Crippen LogP contribution >= 0.6 is 11.6 Å². The first-order valence-electron chi connectivity index (χ1n) is 3.98. The summed E-state index contributed by atoms with van der Waals surface area (Å²) < 4.78 is 28.6. The van der Waals surface area contributed by atoms with Gasteiger partial charge in [0.2, 0.25) is 0 Å². The fourth-order valence-electron chi connectivity index (χ4n) is 0.928. The second-order valence-corrected chi connectivity index (χ2v) is 2.96. The van der Waals surface area contributed by atoms with Crippen molar-refractivity contribution in [3.63, 3.8) is 0 Å². The minimum absolute atomic E-state index is 0.0340. The lowest BCUT2D eigenvalue weighted by Crippen LogP contribution is -2.06. The predicted molar refractivity (Wildman–Crippen MR) is 48.2 cm³/mol. The predicted octanol–water partition coefficient (Wildman–Crippen LogP) is 1.75. The molecule has 1 aromatic heterocycles. The Kier molecular flexibility index (Phi) is 4.09. The van der Waals surface area contributed by atoms with Crippen LogP contribution in [0.3, 0.4) is 0 Å². The Labute approximate surface area is 84.6 Å². The number of rotatable bonds is 5. The molecule has 0 spiro atoms. The summed E-state index contributed by atoms with van der Waals surface area (Å²) in [5.41, 5.74) is 5.80. The first-order chi connectivity index (χ1) is 6.61. The van der Waals surface area contributed by atoms with Crippen molar-refractivity contribution in [1.82, 2.24) is 9.78 Å². The van der Waals surface area contributed by atoms with Crippen molar-refractivity contribution in [1.29, 1.82) is 0 Å². The summed E-state index contributed by atoms with van der Waals surface area (Å²) in [5, 5.41) is 4.17. The molecule has 1 heterocycles. The average molecular weight is 226 g/mol. The van der Waals surface area contributed by atoms with Crippen molar-refractivity contribution in [2.24, 2.45) is 0 Å². The number of nitrogens with zero attached hydrogens (tertiary/aromatic N) is 2. The van der Waals surface area contributed by atoms with Gasteiger partial charge in [-0.05, 0) is 6.42 Å². The first-order valence-corrected chi connectivity index (χ1v) is 4.35. The van der Waals surface area contributed by atoms with Gasteiger partial charge in [0.25, 0.3) is 0 Å². The molecule has 0 bridgehead atoms. The standard InChI is InChI=1S/C7H10ClF2N3O/c8-6-5(11)4-12-13(6)2-1-3-14-7(9)10/h4,7H,1-3,11H2. The van der Waals surface area contributed by atoms with Gasteiger partial charge in [-0.15, -0.1) is 0 Å². The van der Waals surface area contributed by atoms with Crippen molar-refractivity contribution in [2.45, 2.75) is 19.6 Å². The van der Waals surface area contributed by atoms with Crippen LogP contribution in [0.5, 0.6) is 0 Å². The normalized spacial score (nSPS) is 11.1. The molecule has 0 aliphatic rings. The minimum atomic E-state index is -2.73. The van der Waals surface area contributed by atoms with Crippen LogP contribution in [0.2, 0.25) is 5.15 Å². The van der Waals surface area contributed by atoms with Crippen LogP contribution in [0, 0.1) is 0 Å². The first kappa shape index (κ1) is 11.2. The molecule has 1 rings (SSSR count). The molecule has 14 heavy (non-hydrogen) atoms. The summed E-state index contributed by atoms with van der Waals surface area (Å²) >= 11 is 5.74. The molecule has 1 aromatic rings. The molecule has 7 heteroatoms. The molecule has 0 fully saturated rings. The highest BCUT2D eigenvalue weighted by Crippen LogP contribution is 2.17. The molecule has 2 N–H and O–H groups in total. The maximum Gasteiger partial charge on any atom is 0.345 e. The summed E-state index contributed by atoms with van der Waals surface area (Å²) in [6.45, 7) is -2.36. The molecule has 0 aromatic carbocycles. The summed E-state index contributed by atoms with van der Waals surface area (Å²) in [5.74, 6) is 0. The number of aromatic nitrogens is 2. The van der Waals surface area contributed by atoms with Crippen molar-refractivity contribution in [3.05, 3.63) is 11.3 Å². The Morgan fingerprint density at radius 3 is 2.86 bits per heavy atom. The number of ether oxygens (including phenoxy) is 1. The van der Waals surface area contributed by atoms with E-state index in [2.05, 4.69) is 9.84 Å². The zero-order valence-corrected chi connectivity index (χ0v) is 8.05. The molecule has 0 radical (unpaired) electrons. The summed E-state index contributed by atoms with van der Waals surface area (Å²) in [6, 6.07) is 0. The molecule has 0 unspecified atom stereocenters. The lowest BCUT2D eigenvalue weighted by atomic mass is 10.4. The summed E-state index contributed by atoms with van der Waals surface area (Å²) in [6.07, 6.45) is 1.82. The second kappa shape index (κ2) is 5.11. The topological polar surface area (TPSA) is 53.1 Å². The molecule has 4 nitrogen and oxygen atoms in total. The van der Waals surface area contributed by atoms with Crippen LogP contribution in [-0.4, -0.2) is 23.0 Å². The van der Waals surface area contributed by atoms with Crippen LogP contribution < -0.4 is 5.73 Å². The molecule has 0 aliphatic carbocycles. The smallest absolute Gasteiger partial charge is 0.345 e. The van der Waals surface area contributed by atoms with Crippen LogP contribution in [0.15, 0.2) is 6.20 Å². The van der Waals surface area contributed by atoms with Gasteiger partial charge in [0.1, 0.15) is 5.15 Å². The number of aryl methyl sites for hydroxylation is 1. The van der Waals surface area contributed by atoms with Crippen LogP contribution in [-0.2, 0) is 11.3 Å². The molecule has 80 valence electrons. The van der Waals surface area contributed by atoms with E-state index in [1.807, 2.05) is 0 Å². The van der Waals surface area contributed by atoms with Crippen molar-refractivity contribution in [3.8, 4) is 0 Å². The fraction of sp³-hybridized carbons (Fsp3) is 0.571. The van der Waals surface area contributed by atoms with Crippen molar-refractivity contribution < 1.29 is 13.5 Å². The van der Waals surface area contributed by atoms with E-state index in [9.17, 15) is 8.78 Å². The van der Waals surface area contributed by atoms with Crippen LogP contribution in [0.4, 0.5) is 14.5 Å². The number of hydrogen-bond donors (Lipinski definition) is 1. The van der Waals surface area contributed by atoms with E-state index in [1.165, 1.54) is 10.9 Å². The Morgan fingerprint density at radius 2 is 2.36 bits per heavy atom. The third-order valence-corrected chi connectivity index (χ3v) is 1.97. The molecular weight excluding hydrogens is 216 g/mol. The Hall–Kier alpha value is -0.880. The maximum absolute atomic E-state index is 11.6.